The summed E-state index contributed by atoms with van der Waals surface area (Å²) in [7, 11) is 0.676. The van der Waals surface area contributed by atoms with Crippen molar-refractivity contribution < 1.29 is 0 Å². The maximum Gasteiger partial charge on any atom is 0.158 e. The fraction of sp³-hybridized carbons (Fsp3) is 1.00. The van der Waals surface area contributed by atoms with Crippen molar-refractivity contribution in [2.24, 2.45) is 0 Å². The Hall–Kier alpha value is 2.32. The fourth-order valence-electron chi connectivity index (χ4n) is 2.25. The monoisotopic (exact) mass is 619 g/mol. The summed E-state index contributed by atoms with van der Waals surface area (Å²) in [5.74, 6) is 0. The average molecular weight is 618 g/mol. The summed E-state index contributed by atoms with van der Waals surface area (Å²) in [6.07, 6.45) is 0. The summed E-state index contributed by atoms with van der Waals surface area (Å²) in [6, 6.07) is 0. The zero-order valence-corrected chi connectivity index (χ0v) is 28.8. The van der Waals surface area contributed by atoms with E-state index in [0.717, 1.165) is 9.52 Å². The molecular weight excluding hydrogens is 569 g/mol. The van der Waals surface area contributed by atoms with Crippen LogP contribution in [0, 0.1) is 0 Å². The molecule has 0 unspecified atom stereocenters. The minimum Gasteiger partial charge on any atom is -0.170 e. The maximum absolute atomic E-state index is 5.38. The van der Waals surface area contributed by atoms with Gasteiger partial charge < -0.3 is 0 Å². The van der Waals surface area contributed by atoms with Gasteiger partial charge >= 0.3 is 139 Å². The standard InChI is InChI=1S/4C4H9.C2H6ClSi.C2H6Si.2Sn/c5*1-4(2)3;1-3-2;;/h4*1-3H3;1-2H3;1-2H3;;. The van der Waals surface area contributed by atoms with Gasteiger partial charge in [0, 0.05) is 9.52 Å². The largest absolute Gasteiger partial charge is 0.170 e. The Morgan fingerprint density at radius 2 is 0.640 bits per heavy atom. The van der Waals surface area contributed by atoms with Gasteiger partial charge in [-0.2, -0.15) is 11.1 Å². The summed E-state index contributed by atoms with van der Waals surface area (Å²) in [5.41, 5.74) is 0. The molecule has 0 heterocycles. The molecule has 0 nitrogen and oxygen atoms in total. The van der Waals surface area contributed by atoms with Crippen molar-refractivity contribution >= 4 is 71.0 Å². The predicted octanol–water partition coefficient (Wildman–Crippen LogP) is 8.52. The van der Waals surface area contributed by atoms with Crippen LogP contribution in [-0.4, -0.2) is 59.9 Å². The first-order valence-electron chi connectivity index (χ1n) is 9.19. The van der Waals surface area contributed by atoms with Crippen LogP contribution >= 0.6 is 11.1 Å². The first-order chi connectivity index (χ1) is 10.6. The molecule has 0 spiro atoms. The molecule has 0 saturated carbocycles. The summed E-state index contributed by atoms with van der Waals surface area (Å²) in [6.45, 7) is 36.8. The number of hydrogen-bond acceptors (Lipinski definition) is 0. The SMILES string of the molecule is C[C](C)(C)[Sn][C](C)(C)C.C[C](C)(C)[Sn][C](C)(C)C.C[Si](C)Cl.C[Si]C. The Bertz CT molecular complexity index is 227. The summed E-state index contributed by atoms with van der Waals surface area (Å²) >= 11 is 5.01. The zero-order valence-electron chi connectivity index (χ0n) is 20.4. The molecule has 0 N–H and O–H groups in total. The van der Waals surface area contributed by atoms with E-state index >= 15 is 0 Å². The van der Waals surface area contributed by atoms with Crippen LogP contribution in [0.3, 0.4) is 0 Å². The topological polar surface area (TPSA) is 0 Å². The van der Waals surface area contributed by atoms with Crippen LogP contribution in [0.2, 0.25) is 39.9 Å². The van der Waals surface area contributed by atoms with Crippen molar-refractivity contribution in [1.29, 1.82) is 0 Å². The molecule has 0 rings (SSSR count). The first kappa shape index (κ1) is 34.8. The van der Waals surface area contributed by atoms with Gasteiger partial charge in [-0.3, -0.25) is 0 Å². The zero-order chi connectivity index (χ0) is 21.7. The van der Waals surface area contributed by atoms with Crippen LogP contribution in [0.15, 0.2) is 0 Å². The Kier molecular flexibility index (Phi) is 22.5. The fourth-order valence-corrected chi connectivity index (χ4v) is 15.1. The molecule has 0 bridgehead atoms. The number of halogens is 1. The van der Waals surface area contributed by atoms with Gasteiger partial charge in [0.25, 0.3) is 0 Å². The molecule has 151 valence electrons. The minimum atomic E-state index is -0.407. The van der Waals surface area contributed by atoms with Gasteiger partial charge in [0.2, 0.25) is 0 Å². The van der Waals surface area contributed by atoms with Crippen molar-refractivity contribution in [2.75, 3.05) is 0 Å². The molecule has 0 aromatic rings. The quantitative estimate of drug-likeness (QED) is 0.189. The van der Waals surface area contributed by atoms with E-state index in [4.69, 9.17) is 11.1 Å². The van der Waals surface area contributed by atoms with Gasteiger partial charge in [-0.05, 0) is 0 Å². The van der Waals surface area contributed by atoms with Crippen LogP contribution in [0.1, 0.15) is 83.1 Å². The summed E-state index contributed by atoms with van der Waals surface area (Å²) < 4.78 is 2.62. The van der Waals surface area contributed by atoms with E-state index in [1.807, 2.05) is 13.1 Å². The van der Waals surface area contributed by atoms with E-state index in [-0.39, 0.29) is 42.3 Å². The van der Waals surface area contributed by atoms with Gasteiger partial charge in [-0.25, -0.2) is 0 Å². The molecule has 25 heavy (non-hydrogen) atoms. The molecule has 5 heteroatoms. The number of hydrogen-bond donors (Lipinski definition) is 0. The Balaban J connectivity index is -0.000000130. The van der Waals surface area contributed by atoms with Crippen LogP contribution in [-0.2, 0) is 0 Å². The third-order valence-electron chi connectivity index (χ3n) is 1.50. The third-order valence-corrected chi connectivity index (χ3v) is 10.1. The summed E-state index contributed by atoms with van der Waals surface area (Å²) in [5, 5.41) is 0. The molecular formula is C20H48ClSi2Sn2. The van der Waals surface area contributed by atoms with E-state index in [1.54, 1.807) is 0 Å². The number of rotatable bonds is 0. The molecule has 0 aromatic heterocycles. The normalized spacial score (nSPS) is 12.2. The molecule has 7 radical (unpaired) electrons. The van der Waals surface area contributed by atoms with Crippen molar-refractivity contribution in [2.45, 2.75) is 123 Å². The van der Waals surface area contributed by atoms with Crippen LogP contribution in [0.5, 0.6) is 0 Å². The van der Waals surface area contributed by atoms with E-state index in [1.165, 1.54) is 0 Å². The van der Waals surface area contributed by atoms with E-state index in [9.17, 15) is 0 Å². The molecule has 0 aliphatic heterocycles. The second-order valence-corrected chi connectivity index (χ2v) is 34.2. The molecule has 0 atom stereocenters. The molecule has 0 aliphatic carbocycles. The Labute approximate surface area is 192 Å². The van der Waals surface area contributed by atoms with Crippen LogP contribution in [0.4, 0.5) is 0 Å². The smallest absolute Gasteiger partial charge is 0.158 e. The van der Waals surface area contributed by atoms with Gasteiger partial charge in [-0.15, -0.1) is 0 Å². The summed E-state index contributed by atoms with van der Waals surface area (Å²) in [4.78, 5) is 0. The maximum atomic E-state index is 5.38. The second kappa shape index (κ2) is 16.2. The van der Waals surface area contributed by atoms with E-state index < -0.39 is 8.11 Å². The predicted molar refractivity (Wildman–Crippen MR) is 131 cm³/mol. The molecule has 0 aromatic carbocycles. The Morgan fingerprint density at radius 1 is 0.560 bits per heavy atom. The first-order valence-corrected chi connectivity index (χ1v) is 20.4. The average Bonchev–Trinajstić information content (AvgIpc) is 2.03. The van der Waals surface area contributed by atoms with Gasteiger partial charge in [0.1, 0.15) is 0 Å². The van der Waals surface area contributed by atoms with Crippen LogP contribution < -0.4 is 0 Å². The van der Waals surface area contributed by atoms with Gasteiger partial charge in [0.05, 0.1) is 0 Å². The van der Waals surface area contributed by atoms with Crippen molar-refractivity contribution in [1.82, 2.24) is 0 Å². The minimum absolute atomic E-state index is 0.182. The molecule has 0 amide bonds. The van der Waals surface area contributed by atoms with E-state index in [0.29, 0.717) is 13.7 Å². The van der Waals surface area contributed by atoms with Gasteiger partial charge in [0.15, 0.2) is 8.11 Å². The third kappa shape index (κ3) is 75.9. The van der Waals surface area contributed by atoms with Crippen LogP contribution in [0.25, 0.3) is 0 Å². The Morgan fingerprint density at radius 3 is 0.640 bits per heavy atom. The van der Waals surface area contributed by atoms with Crippen molar-refractivity contribution in [3.05, 3.63) is 0 Å². The van der Waals surface area contributed by atoms with E-state index in [2.05, 4.69) is 96.2 Å². The second-order valence-electron chi connectivity index (χ2n) is 10.6. The molecule has 0 aliphatic rings. The molecule has 0 fully saturated rings. The van der Waals surface area contributed by atoms with Crippen molar-refractivity contribution in [3.8, 4) is 0 Å². The van der Waals surface area contributed by atoms with Crippen molar-refractivity contribution in [3.63, 3.8) is 0 Å². The molecule has 0 saturated heterocycles. The van der Waals surface area contributed by atoms with Gasteiger partial charge in [-0.1, -0.05) is 26.2 Å².